The molecule has 1 saturated heterocycles. The van der Waals surface area contributed by atoms with Crippen LogP contribution in [0.2, 0.25) is 0 Å². The first kappa shape index (κ1) is 14.3. The number of likely N-dealkylation sites (tertiary alicyclic amines) is 1. The van der Waals surface area contributed by atoms with Crippen LogP contribution in [0.4, 0.5) is 0 Å². The van der Waals surface area contributed by atoms with Gasteiger partial charge in [-0.1, -0.05) is 26.2 Å². The summed E-state index contributed by atoms with van der Waals surface area (Å²) in [6, 6.07) is 2.37. The Morgan fingerprint density at radius 2 is 1.83 bits per heavy atom. The van der Waals surface area contributed by atoms with E-state index in [4.69, 9.17) is 0 Å². The molecule has 1 aliphatic carbocycles. The van der Waals surface area contributed by atoms with Crippen molar-refractivity contribution in [2.24, 2.45) is 5.92 Å². The first-order valence-electron chi connectivity index (χ1n) is 8.19. The predicted octanol–water partition coefficient (Wildman–Crippen LogP) is 3.42. The average molecular weight is 252 g/mol. The average Bonchev–Trinajstić information content (AvgIpc) is 2.77. The molecular weight excluding hydrogens is 220 g/mol. The van der Waals surface area contributed by atoms with E-state index in [9.17, 15) is 0 Å². The normalized spacial score (nSPS) is 32.8. The van der Waals surface area contributed by atoms with Gasteiger partial charge in [0.25, 0.3) is 0 Å². The van der Waals surface area contributed by atoms with Crippen LogP contribution in [0, 0.1) is 5.92 Å². The Morgan fingerprint density at radius 1 is 1.11 bits per heavy atom. The molecule has 2 heteroatoms. The zero-order chi connectivity index (χ0) is 13.0. The summed E-state index contributed by atoms with van der Waals surface area (Å²) in [5.41, 5.74) is 0. The van der Waals surface area contributed by atoms with Crippen molar-refractivity contribution in [1.29, 1.82) is 0 Å². The third kappa shape index (κ3) is 3.27. The molecule has 1 heterocycles. The molecule has 0 spiro atoms. The lowest BCUT2D eigenvalue weighted by Crippen LogP contribution is -2.48. The number of likely N-dealkylation sites (N-methyl/N-ethyl adjacent to an activating group) is 1. The van der Waals surface area contributed by atoms with Crippen LogP contribution in [0.1, 0.15) is 65.2 Å². The number of hydrogen-bond acceptors (Lipinski definition) is 2. The summed E-state index contributed by atoms with van der Waals surface area (Å²) in [7, 11) is 2.17. The van der Waals surface area contributed by atoms with Crippen LogP contribution >= 0.6 is 0 Å². The molecule has 2 rings (SSSR count). The van der Waals surface area contributed by atoms with Crippen molar-refractivity contribution in [3.8, 4) is 0 Å². The van der Waals surface area contributed by atoms with E-state index in [2.05, 4.69) is 31.1 Å². The van der Waals surface area contributed by atoms with Crippen LogP contribution in [-0.4, -0.2) is 36.6 Å². The molecule has 106 valence electrons. The Labute approximate surface area is 114 Å². The third-order valence-corrected chi connectivity index (χ3v) is 5.42. The molecule has 18 heavy (non-hydrogen) atoms. The molecule has 0 radical (unpaired) electrons. The highest BCUT2D eigenvalue weighted by molar-refractivity contribution is 4.89. The fourth-order valence-electron chi connectivity index (χ4n) is 4.13. The fraction of sp³-hybridized carbons (Fsp3) is 1.00. The molecule has 2 nitrogen and oxygen atoms in total. The van der Waals surface area contributed by atoms with Crippen molar-refractivity contribution in [3.63, 3.8) is 0 Å². The second-order valence-corrected chi connectivity index (χ2v) is 6.48. The van der Waals surface area contributed by atoms with E-state index in [0.717, 1.165) is 24.0 Å². The van der Waals surface area contributed by atoms with E-state index in [0.29, 0.717) is 0 Å². The van der Waals surface area contributed by atoms with Crippen molar-refractivity contribution in [2.75, 3.05) is 13.6 Å². The molecule has 1 aliphatic heterocycles. The zero-order valence-electron chi connectivity index (χ0n) is 12.6. The highest BCUT2D eigenvalue weighted by Gasteiger charge is 2.33. The first-order valence-corrected chi connectivity index (χ1v) is 8.19. The Morgan fingerprint density at radius 3 is 2.44 bits per heavy atom. The van der Waals surface area contributed by atoms with Crippen LogP contribution in [0.3, 0.4) is 0 Å². The summed E-state index contributed by atoms with van der Waals surface area (Å²) in [4.78, 5) is 2.79. The van der Waals surface area contributed by atoms with Gasteiger partial charge in [0, 0.05) is 24.7 Å². The van der Waals surface area contributed by atoms with E-state index < -0.39 is 0 Å². The summed E-state index contributed by atoms with van der Waals surface area (Å²) >= 11 is 0. The molecule has 0 aromatic heterocycles. The maximum atomic E-state index is 3.62. The lowest BCUT2D eigenvalue weighted by Gasteiger charge is -2.36. The second-order valence-electron chi connectivity index (χ2n) is 6.48. The minimum Gasteiger partial charge on any atom is -0.315 e. The summed E-state index contributed by atoms with van der Waals surface area (Å²) in [5, 5.41) is 3.62. The maximum absolute atomic E-state index is 3.62. The summed E-state index contributed by atoms with van der Waals surface area (Å²) in [6.07, 6.45) is 11.4. The van der Waals surface area contributed by atoms with Gasteiger partial charge in [-0.05, 0) is 52.0 Å². The van der Waals surface area contributed by atoms with Gasteiger partial charge in [-0.25, -0.2) is 0 Å². The highest BCUT2D eigenvalue weighted by atomic mass is 15.2. The molecule has 3 atom stereocenters. The van der Waals surface area contributed by atoms with E-state index in [1.54, 1.807) is 0 Å². The SMILES string of the molecule is CCC1CCC(C)N1CC(NC)C1CCCCC1. The first-order chi connectivity index (χ1) is 8.76. The van der Waals surface area contributed by atoms with Gasteiger partial charge in [0.1, 0.15) is 0 Å². The Bertz CT molecular complexity index is 235. The second kappa shape index (κ2) is 6.91. The van der Waals surface area contributed by atoms with Crippen LogP contribution < -0.4 is 5.32 Å². The molecule has 0 bridgehead atoms. The lowest BCUT2D eigenvalue weighted by molar-refractivity contribution is 0.145. The van der Waals surface area contributed by atoms with E-state index >= 15 is 0 Å². The molecule has 0 aromatic carbocycles. The van der Waals surface area contributed by atoms with Crippen molar-refractivity contribution in [3.05, 3.63) is 0 Å². The largest absolute Gasteiger partial charge is 0.315 e. The minimum absolute atomic E-state index is 0.722. The van der Waals surface area contributed by atoms with Crippen molar-refractivity contribution < 1.29 is 0 Å². The smallest absolute Gasteiger partial charge is 0.0220 e. The van der Waals surface area contributed by atoms with Gasteiger partial charge in [0.2, 0.25) is 0 Å². The van der Waals surface area contributed by atoms with E-state index in [-0.39, 0.29) is 0 Å². The van der Waals surface area contributed by atoms with Crippen molar-refractivity contribution in [2.45, 2.75) is 83.3 Å². The highest BCUT2D eigenvalue weighted by Crippen LogP contribution is 2.30. The summed E-state index contributed by atoms with van der Waals surface area (Å²) < 4.78 is 0. The molecule has 2 aliphatic rings. The quantitative estimate of drug-likeness (QED) is 0.806. The molecule has 3 unspecified atom stereocenters. The number of hydrogen-bond donors (Lipinski definition) is 1. The van der Waals surface area contributed by atoms with E-state index in [1.807, 2.05) is 0 Å². The Balaban J connectivity index is 1.91. The maximum Gasteiger partial charge on any atom is 0.0220 e. The number of nitrogens with zero attached hydrogens (tertiary/aromatic N) is 1. The lowest BCUT2D eigenvalue weighted by atomic mass is 9.83. The van der Waals surface area contributed by atoms with Gasteiger partial charge in [0.05, 0.1) is 0 Å². The van der Waals surface area contributed by atoms with Crippen molar-refractivity contribution in [1.82, 2.24) is 10.2 Å². The monoisotopic (exact) mass is 252 g/mol. The molecule has 1 N–H and O–H groups in total. The Hall–Kier alpha value is -0.0800. The van der Waals surface area contributed by atoms with Gasteiger partial charge in [0.15, 0.2) is 0 Å². The fourth-order valence-corrected chi connectivity index (χ4v) is 4.13. The summed E-state index contributed by atoms with van der Waals surface area (Å²) in [5.74, 6) is 0.925. The standard InChI is InChI=1S/C16H32N2/c1-4-15-11-10-13(2)18(15)12-16(17-3)14-8-6-5-7-9-14/h13-17H,4-12H2,1-3H3. The molecule has 2 fully saturated rings. The molecule has 1 saturated carbocycles. The number of rotatable bonds is 5. The summed E-state index contributed by atoms with van der Waals surface area (Å²) in [6.45, 7) is 6.05. The Kier molecular flexibility index (Phi) is 5.50. The topological polar surface area (TPSA) is 15.3 Å². The van der Waals surface area contributed by atoms with Crippen LogP contribution in [0.25, 0.3) is 0 Å². The minimum atomic E-state index is 0.722. The van der Waals surface area contributed by atoms with E-state index in [1.165, 1.54) is 57.9 Å². The van der Waals surface area contributed by atoms with Crippen LogP contribution in [0.5, 0.6) is 0 Å². The zero-order valence-corrected chi connectivity index (χ0v) is 12.6. The van der Waals surface area contributed by atoms with Gasteiger partial charge < -0.3 is 5.32 Å². The van der Waals surface area contributed by atoms with Crippen LogP contribution in [0.15, 0.2) is 0 Å². The van der Waals surface area contributed by atoms with Gasteiger partial charge in [-0.3, -0.25) is 4.90 Å². The molecular formula is C16H32N2. The predicted molar refractivity (Wildman–Crippen MR) is 78.9 cm³/mol. The third-order valence-electron chi connectivity index (χ3n) is 5.42. The number of nitrogens with one attached hydrogen (secondary N) is 1. The van der Waals surface area contributed by atoms with Crippen LogP contribution in [-0.2, 0) is 0 Å². The molecule has 0 aromatic rings. The van der Waals surface area contributed by atoms with Gasteiger partial charge in [-0.15, -0.1) is 0 Å². The van der Waals surface area contributed by atoms with Gasteiger partial charge in [-0.2, -0.15) is 0 Å². The molecule has 0 amide bonds. The van der Waals surface area contributed by atoms with Gasteiger partial charge >= 0.3 is 0 Å². The van der Waals surface area contributed by atoms with Crippen molar-refractivity contribution >= 4 is 0 Å².